The number of rotatable bonds is 10. The van der Waals surface area contributed by atoms with E-state index in [4.69, 9.17) is 21.1 Å². The number of unbranched alkanes of at least 4 members (excludes halogenated alkanes) is 2. The number of hydrogen-bond donors (Lipinski definition) is 1. The maximum Gasteiger partial charge on any atom is 0.292 e. The topological polar surface area (TPSA) is 77.7 Å². The smallest absolute Gasteiger partial charge is 0.292 e. The number of ether oxygens (including phenoxy) is 2. The normalized spacial score (nSPS) is 10.9. The quantitative estimate of drug-likeness (QED) is 0.275. The zero-order valence-electron chi connectivity index (χ0n) is 17.5. The molecule has 0 spiro atoms. The fourth-order valence-electron chi connectivity index (χ4n) is 2.86. The third-order valence-electron chi connectivity index (χ3n) is 4.51. The highest BCUT2D eigenvalue weighted by molar-refractivity contribution is 6.32. The monoisotopic (exact) mass is 440 g/mol. The van der Waals surface area contributed by atoms with Crippen LogP contribution in [0.1, 0.15) is 31.7 Å². The average molecular weight is 441 g/mol. The van der Waals surface area contributed by atoms with Gasteiger partial charge in [0.25, 0.3) is 5.56 Å². The lowest BCUT2D eigenvalue weighted by molar-refractivity contribution is 0.286. The standard InChI is InChI=1S/C23H25ClN4O3/c1-3-4-8-13-31-20-12-11-17(14-21(20)30-2)15-25-27-19-16-26-28(23(29)22(19)24)18-9-6-5-7-10-18/h5-7,9-12,14-16,27H,3-4,8,13H2,1-2H3/b25-15-. The third kappa shape index (κ3) is 5.86. The number of nitrogens with zero attached hydrogens (tertiary/aromatic N) is 3. The Hall–Kier alpha value is -3.32. The SMILES string of the molecule is CCCCCOc1ccc(/C=N\Nc2cnn(-c3ccccc3)c(=O)c2Cl)cc1OC. The molecule has 0 aliphatic carbocycles. The molecule has 1 heterocycles. The van der Waals surface area contributed by atoms with Gasteiger partial charge in [0.2, 0.25) is 0 Å². The van der Waals surface area contributed by atoms with Gasteiger partial charge in [-0.25, -0.2) is 0 Å². The van der Waals surface area contributed by atoms with Crippen LogP contribution in [0.5, 0.6) is 11.5 Å². The Morgan fingerprint density at radius 1 is 1.16 bits per heavy atom. The van der Waals surface area contributed by atoms with Crippen molar-refractivity contribution in [2.24, 2.45) is 5.10 Å². The Balaban J connectivity index is 1.69. The molecule has 1 N–H and O–H groups in total. The third-order valence-corrected chi connectivity index (χ3v) is 4.88. The van der Waals surface area contributed by atoms with Crippen molar-refractivity contribution in [3.8, 4) is 17.2 Å². The summed E-state index contributed by atoms with van der Waals surface area (Å²) in [5.74, 6) is 1.33. The van der Waals surface area contributed by atoms with Crippen molar-refractivity contribution in [3.63, 3.8) is 0 Å². The van der Waals surface area contributed by atoms with Gasteiger partial charge < -0.3 is 9.47 Å². The van der Waals surface area contributed by atoms with E-state index in [1.807, 2.05) is 36.4 Å². The van der Waals surface area contributed by atoms with Crippen LogP contribution in [0.2, 0.25) is 5.02 Å². The molecule has 0 fully saturated rings. The molecule has 31 heavy (non-hydrogen) atoms. The summed E-state index contributed by atoms with van der Waals surface area (Å²) < 4.78 is 12.4. The van der Waals surface area contributed by atoms with E-state index in [2.05, 4.69) is 22.5 Å². The number of halogens is 1. The first-order valence-electron chi connectivity index (χ1n) is 10.1. The first-order chi connectivity index (χ1) is 15.1. The molecule has 8 heteroatoms. The number of methoxy groups -OCH3 is 1. The van der Waals surface area contributed by atoms with Crippen molar-refractivity contribution in [1.29, 1.82) is 0 Å². The van der Waals surface area contributed by atoms with Crippen LogP contribution in [0.3, 0.4) is 0 Å². The Labute approximate surface area is 186 Å². The summed E-state index contributed by atoms with van der Waals surface area (Å²) in [6.45, 7) is 2.81. The minimum Gasteiger partial charge on any atom is -0.493 e. The molecule has 0 saturated carbocycles. The van der Waals surface area contributed by atoms with Crippen molar-refractivity contribution in [2.45, 2.75) is 26.2 Å². The Morgan fingerprint density at radius 3 is 2.71 bits per heavy atom. The summed E-state index contributed by atoms with van der Waals surface area (Å²) in [6, 6.07) is 14.6. The van der Waals surface area contributed by atoms with Gasteiger partial charge in [-0.15, -0.1) is 0 Å². The van der Waals surface area contributed by atoms with Crippen LogP contribution in [0.25, 0.3) is 5.69 Å². The fraction of sp³-hybridized carbons (Fsp3) is 0.261. The summed E-state index contributed by atoms with van der Waals surface area (Å²) in [7, 11) is 1.60. The lowest BCUT2D eigenvalue weighted by atomic mass is 10.2. The van der Waals surface area contributed by atoms with Gasteiger partial charge >= 0.3 is 0 Å². The van der Waals surface area contributed by atoms with Crippen LogP contribution in [-0.4, -0.2) is 29.7 Å². The summed E-state index contributed by atoms with van der Waals surface area (Å²) in [5.41, 5.74) is 4.09. The number of aromatic nitrogens is 2. The molecule has 0 unspecified atom stereocenters. The van der Waals surface area contributed by atoms with Crippen LogP contribution < -0.4 is 20.5 Å². The maximum absolute atomic E-state index is 12.5. The lowest BCUT2D eigenvalue weighted by Crippen LogP contribution is -2.22. The number of hydrazone groups is 1. The van der Waals surface area contributed by atoms with E-state index < -0.39 is 5.56 Å². The van der Waals surface area contributed by atoms with Gasteiger partial charge in [0.05, 0.1) is 31.8 Å². The first-order valence-corrected chi connectivity index (χ1v) is 10.4. The molecule has 0 atom stereocenters. The molecule has 3 aromatic rings. The lowest BCUT2D eigenvalue weighted by Gasteiger charge is -2.11. The van der Waals surface area contributed by atoms with Crippen LogP contribution in [0, 0.1) is 0 Å². The second kappa shape index (κ2) is 11.2. The molecule has 0 aliphatic heterocycles. The highest BCUT2D eigenvalue weighted by Crippen LogP contribution is 2.28. The fourth-order valence-corrected chi connectivity index (χ4v) is 3.03. The van der Waals surface area contributed by atoms with Gasteiger partial charge in [-0.3, -0.25) is 10.2 Å². The molecule has 7 nitrogen and oxygen atoms in total. The van der Waals surface area contributed by atoms with Crippen LogP contribution in [0.15, 0.2) is 64.6 Å². The van der Waals surface area contributed by atoms with Crippen molar-refractivity contribution < 1.29 is 9.47 Å². The van der Waals surface area contributed by atoms with E-state index in [1.54, 1.807) is 25.5 Å². The summed E-state index contributed by atoms with van der Waals surface area (Å²) >= 11 is 6.22. The van der Waals surface area contributed by atoms with Gasteiger partial charge in [-0.1, -0.05) is 49.6 Å². The van der Waals surface area contributed by atoms with Crippen LogP contribution in [0.4, 0.5) is 5.69 Å². The van der Waals surface area contributed by atoms with Gasteiger partial charge in [0.1, 0.15) is 10.7 Å². The molecular weight excluding hydrogens is 416 g/mol. The Bertz CT molecular complexity index is 1080. The molecule has 3 rings (SSSR count). The predicted molar refractivity (Wildman–Crippen MR) is 124 cm³/mol. The highest BCUT2D eigenvalue weighted by Gasteiger charge is 2.10. The molecule has 2 aromatic carbocycles. The molecule has 1 aromatic heterocycles. The van der Waals surface area contributed by atoms with E-state index in [1.165, 1.54) is 10.9 Å². The molecule has 0 amide bonds. The second-order valence-corrected chi connectivity index (χ2v) is 7.14. The predicted octanol–water partition coefficient (Wildman–Crippen LogP) is 4.91. The Kier molecular flexibility index (Phi) is 8.06. The molecule has 0 bridgehead atoms. The first kappa shape index (κ1) is 22.4. The van der Waals surface area contributed by atoms with Crippen molar-refractivity contribution in [2.75, 3.05) is 19.1 Å². The maximum atomic E-state index is 12.5. The van der Waals surface area contributed by atoms with Crippen LogP contribution >= 0.6 is 11.6 Å². The highest BCUT2D eigenvalue weighted by atomic mass is 35.5. The largest absolute Gasteiger partial charge is 0.493 e. The number of anilines is 1. The average Bonchev–Trinajstić information content (AvgIpc) is 2.80. The van der Waals surface area contributed by atoms with E-state index >= 15 is 0 Å². The van der Waals surface area contributed by atoms with E-state index in [0.717, 1.165) is 24.8 Å². The number of benzene rings is 2. The second-order valence-electron chi connectivity index (χ2n) is 6.76. The Morgan fingerprint density at radius 2 is 1.97 bits per heavy atom. The summed E-state index contributed by atoms with van der Waals surface area (Å²) in [6.07, 6.45) is 6.34. The molecule has 0 saturated heterocycles. The van der Waals surface area contributed by atoms with E-state index in [0.29, 0.717) is 29.5 Å². The van der Waals surface area contributed by atoms with Gasteiger partial charge in [0.15, 0.2) is 11.5 Å². The minimum absolute atomic E-state index is 0.00408. The zero-order chi connectivity index (χ0) is 22.1. The number of hydrogen-bond acceptors (Lipinski definition) is 6. The van der Waals surface area contributed by atoms with Crippen molar-refractivity contribution >= 4 is 23.5 Å². The summed E-state index contributed by atoms with van der Waals surface area (Å²) in [5, 5.41) is 8.33. The van der Waals surface area contributed by atoms with E-state index in [-0.39, 0.29) is 5.02 Å². The van der Waals surface area contributed by atoms with Crippen molar-refractivity contribution in [3.05, 3.63) is 75.7 Å². The molecule has 0 radical (unpaired) electrons. The zero-order valence-corrected chi connectivity index (χ0v) is 18.3. The number of nitrogens with one attached hydrogen (secondary N) is 1. The van der Waals surface area contributed by atoms with Gasteiger partial charge in [-0.05, 0) is 42.3 Å². The molecular formula is C23H25ClN4O3. The van der Waals surface area contributed by atoms with Gasteiger partial charge in [-0.2, -0.15) is 14.9 Å². The van der Waals surface area contributed by atoms with Crippen molar-refractivity contribution in [1.82, 2.24) is 9.78 Å². The molecule has 162 valence electrons. The minimum atomic E-state index is -0.431. The summed E-state index contributed by atoms with van der Waals surface area (Å²) in [4.78, 5) is 12.5. The van der Waals surface area contributed by atoms with E-state index in [9.17, 15) is 4.79 Å². The van der Waals surface area contributed by atoms with Crippen LogP contribution in [-0.2, 0) is 0 Å². The number of para-hydroxylation sites is 1. The molecule has 0 aliphatic rings. The van der Waals surface area contributed by atoms with Gasteiger partial charge in [0, 0.05) is 0 Å².